The van der Waals surface area contributed by atoms with Crippen LogP contribution in [0.15, 0.2) is 71.9 Å². The number of amides is 5. The second-order valence-electron chi connectivity index (χ2n) is 12.3. The van der Waals surface area contributed by atoms with Gasteiger partial charge in [-0.25, -0.2) is 0 Å². The van der Waals surface area contributed by atoms with Crippen molar-refractivity contribution in [3.8, 4) is 0 Å². The quantitative estimate of drug-likeness (QED) is 0.0875. The summed E-state index contributed by atoms with van der Waals surface area (Å²) in [4.78, 5) is 65.9. The number of carbonyl (C=O) groups excluding carboxylic acids is 5. The summed E-state index contributed by atoms with van der Waals surface area (Å²) in [5.41, 5.74) is 19.2. The molecule has 0 heterocycles. The lowest BCUT2D eigenvalue weighted by Gasteiger charge is -2.25. The third-order valence-corrected chi connectivity index (χ3v) is 7.47. The molecule has 0 spiro atoms. The molecular weight excluding hydrogens is 598 g/mol. The zero-order valence-electron chi connectivity index (χ0n) is 27.9. The molecule has 2 aromatic carbocycles. The van der Waals surface area contributed by atoms with E-state index >= 15 is 0 Å². The molecule has 0 aliphatic carbocycles. The molecule has 10 N–H and O–H groups in total. The van der Waals surface area contributed by atoms with Gasteiger partial charge in [-0.15, -0.1) is 0 Å². The number of nitrogens with two attached hydrogens (primary N) is 3. The number of allylic oxidation sites excluding steroid dienone is 1. The summed E-state index contributed by atoms with van der Waals surface area (Å²) in [5.74, 6) is -3.06. The minimum absolute atomic E-state index is 0.0385. The molecule has 0 saturated carbocycles. The van der Waals surface area contributed by atoms with Crippen molar-refractivity contribution in [2.45, 2.75) is 90.4 Å². The highest BCUT2D eigenvalue weighted by atomic mass is 16.2. The average molecular weight is 650 g/mol. The van der Waals surface area contributed by atoms with Crippen LogP contribution in [-0.4, -0.2) is 60.2 Å². The minimum Gasteiger partial charge on any atom is -0.368 e. The molecular formula is C35H51N7O5. The van der Waals surface area contributed by atoms with Gasteiger partial charge in [0.25, 0.3) is 5.91 Å². The average Bonchev–Trinajstić information content (AvgIpc) is 3.03. The van der Waals surface area contributed by atoms with Gasteiger partial charge in [0.2, 0.25) is 23.6 Å². The molecule has 0 saturated heterocycles. The van der Waals surface area contributed by atoms with Crippen molar-refractivity contribution in [1.82, 2.24) is 21.3 Å². The number of benzene rings is 2. The maximum absolute atomic E-state index is 13.7. The van der Waals surface area contributed by atoms with Gasteiger partial charge in [0, 0.05) is 12.8 Å². The lowest BCUT2D eigenvalue weighted by atomic mass is 10.0. The van der Waals surface area contributed by atoms with Gasteiger partial charge in [-0.1, -0.05) is 80.9 Å². The molecule has 5 amide bonds. The molecule has 4 atom stereocenters. The van der Waals surface area contributed by atoms with Crippen LogP contribution in [0.25, 0.3) is 0 Å². The molecule has 0 aliphatic rings. The molecule has 12 nitrogen and oxygen atoms in total. The van der Waals surface area contributed by atoms with E-state index in [0.717, 1.165) is 17.5 Å². The van der Waals surface area contributed by atoms with E-state index in [1.165, 1.54) is 0 Å². The predicted molar refractivity (Wildman–Crippen MR) is 182 cm³/mol. The summed E-state index contributed by atoms with van der Waals surface area (Å²) in [6.45, 7) is 7.60. The number of unbranched alkanes of at least 4 members (excludes halogenated alkanes) is 1. The molecule has 0 aliphatic heterocycles. The first kappa shape index (κ1) is 38.6. The van der Waals surface area contributed by atoms with E-state index in [4.69, 9.17) is 17.2 Å². The van der Waals surface area contributed by atoms with Crippen molar-refractivity contribution in [1.29, 1.82) is 0 Å². The van der Waals surface area contributed by atoms with Gasteiger partial charge < -0.3 is 38.5 Å². The Bertz CT molecular complexity index is 1360. The zero-order chi connectivity index (χ0) is 34.9. The van der Waals surface area contributed by atoms with Crippen molar-refractivity contribution in [2.24, 2.45) is 23.1 Å². The zero-order valence-corrected chi connectivity index (χ0v) is 27.9. The molecule has 2 aromatic rings. The molecule has 0 aromatic heterocycles. The van der Waals surface area contributed by atoms with Crippen LogP contribution in [0.5, 0.6) is 0 Å². The fourth-order valence-electron chi connectivity index (χ4n) is 4.87. The van der Waals surface area contributed by atoms with Crippen LogP contribution < -0.4 is 38.5 Å². The van der Waals surface area contributed by atoms with Gasteiger partial charge in [0.1, 0.15) is 23.8 Å². The number of hydrogen-bond acceptors (Lipinski definition) is 7. The lowest BCUT2D eigenvalue weighted by molar-refractivity contribution is -0.131. The standard InChI is InChI=1S/C35H51N7O5/c1-22(2)19-28(40-32(44)26(37)17-11-12-18-36)34(46)42-30(23(3)4)35(47)41-29(21-25-15-9-6-10-16-25)33(45)39-27(31(38)43)20-24-13-7-5-8-14-24/h5-10,13-16,22,26-29H,11-12,17-21,36-37H2,1-4H3,(H2,38,43)(H,39,45)(H,40,44)(H,41,47)(H,42,46)/t26-,27-,28-,29-/m0/s1. The topological polar surface area (TPSA) is 212 Å². The molecule has 256 valence electrons. The first-order chi connectivity index (χ1) is 22.3. The second kappa shape index (κ2) is 19.9. The SMILES string of the molecule is CC(C)=C(NC(=O)[C@H](CC(C)C)NC(=O)[C@@H](N)CCCCN)C(=O)N[C@@H](Cc1ccccc1)C(=O)N[C@@H](Cc1ccccc1)C(N)=O. The van der Waals surface area contributed by atoms with E-state index in [0.29, 0.717) is 31.4 Å². The van der Waals surface area contributed by atoms with Crippen molar-refractivity contribution in [2.75, 3.05) is 6.54 Å². The van der Waals surface area contributed by atoms with Gasteiger partial charge in [-0.2, -0.15) is 0 Å². The van der Waals surface area contributed by atoms with Crippen LogP contribution >= 0.6 is 0 Å². The van der Waals surface area contributed by atoms with E-state index in [2.05, 4.69) is 21.3 Å². The summed E-state index contributed by atoms with van der Waals surface area (Å²) >= 11 is 0. The van der Waals surface area contributed by atoms with E-state index in [1.807, 2.05) is 74.5 Å². The van der Waals surface area contributed by atoms with Crippen molar-refractivity contribution in [3.05, 3.63) is 83.1 Å². The van der Waals surface area contributed by atoms with E-state index in [9.17, 15) is 24.0 Å². The van der Waals surface area contributed by atoms with E-state index in [-0.39, 0.29) is 24.5 Å². The Morgan fingerprint density at radius 1 is 0.702 bits per heavy atom. The maximum atomic E-state index is 13.7. The first-order valence-corrected chi connectivity index (χ1v) is 16.0. The van der Waals surface area contributed by atoms with Crippen molar-refractivity contribution in [3.63, 3.8) is 0 Å². The molecule has 12 heteroatoms. The summed E-state index contributed by atoms with van der Waals surface area (Å²) in [6.07, 6.45) is 2.41. The fourth-order valence-corrected chi connectivity index (χ4v) is 4.87. The van der Waals surface area contributed by atoms with Crippen LogP contribution in [0.4, 0.5) is 0 Å². The van der Waals surface area contributed by atoms with E-state index < -0.39 is 53.7 Å². The van der Waals surface area contributed by atoms with Crippen molar-refractivity contribution < 1.29 is 24.0 Å². The molecule has 2 rings (SSSR count). The first-order valence-electron chi connectivity index (χ1n) is 16.0. The number of hydrogen-bond donors (Lipinski definition) is 7. The van der Waals surface area contributed by atoms with E-state index in [1.54, 1.807) is 13.8 Å². The third kappa shape index (κ3) is 13.8. The summed E-state index contributed by atoms with van der Waals surface area (Å²) in [7, 11) is 0. The number of nitrogens with one attached hydrogen (secondary N) is 4. The maximum Gasteiger partial charge on any atom is 0.268 e. The van der Waals surface area contributed by atoms with Gasteiger partial charge in [0.15, 0.2) is 0 Å². The molecule has 0 radical (unpaired) electrons. The Morgan fingerprint density at radius 2 is 1.23 bits per heavy atom. The largest absolute Gasteiger partial charge is 0.368 e. The molecule has 0 bridgehead atoms. The predicted octanol–water partition coefficient (Wildman–Crippen LogP) is 1.32. The Hall–Kier alpha value is -4.55. The Morgan fingerprint density at radius 3 is 1.72 bits per heavy atom. The summed E-state index contributed by atoms with van der Waals surface area (Å²) in [6, 6.07) is 14.3. The van der Waals surface area contributed by atoms with Crippen LogP contribution in [-0.2, 0) is 36.8 Å². The Balaban J connectivity index is 2.26. The Kier molecular flexibility index (Phi) is 16.3. The normalized spacial score (nSPS) is 13.4. The second-order valence-corrected chi connectivity index (χ2v) is 12.3. The molecule has 0 unspecified atom stereocenters. The van der Waals surface area contributed by atoms with Crippen LogP contribution in [0.1, 0.15) is 64.5 Å². The third-order valence-electron chi connectivity index (χ3n) is 7.47. The highest BCUT2D eigenvalue weighted by molar-refractivity contribution is 6.02. The minimum atomic E-state index is -1.12. The Labute approximate surface area is 277 Å². The number of rotatable bonds is 19. The van der Waals surface area contributed by atoms with Gasteiger partial charge in [-0.05, 0) is 62.3 Å². The summed E-state index contributed by atoms with van der Waals surface area (Å²) < 4.78 is 0. The number of primary amides is 1. The molecule has 47 heavy (non-hydrogen) atoms. The van der Waals surface area contributed by atoms with Gasteiger partial charge in [0.05, 0.1) is 6.04 Å². The van der Waals surface area contributed by atoms with Crippen LogP contribution in [0, 0.1) is 5.92 Å². The van der Waals surface area contributed by atoms with Gasteiger partial charge >= 0.3 is 0 Å². The fraction of sp³-hybridized carbons (Fsp3) is 0.457. The highest BCUT2D eigenvalue weighted by Crippen LogP contribution is 2.11. The smallest absolute Gasteiger partial charge is 0.268 e. The summed E-state index contributed by atoms with van der Waals surface area (Å²) in [5, 5.41) is 10.8. The van der Waals surface area contributed by atoms with Crippen LogP contribution in [0.3, 0.4) is 0 Å². The molecule has 0 fully saturated rings. The van der Waals surface area contributed by atoms with Gasteiger partial charge in [-0.3, -0.25) is 24.0 Å². The number of carbonyl (C=O) groups is 5. The monoisotopic (exact) mass is 649 g/mol. The lowest BCUT2D eigenvalue weighted by Crippen LogP contribution is -2.56. The van der Waals surface area contributed by atoms with Crippen LogP contribution in [0.2, 0.25) is 0 Å². The van der Waals surface area contributed by atoms with Crippen molar-refractivity contribution >= 4 is 29.5 Å². The highest BCUT2D eigenvalue weighted by Gasteiger charge is 2.30.